The van der Waals surface area contributed by atoms with E-state index in [2.05, 4.69) is 5.32 Å². The Morgan fingerprint density at radius 3 is 2.28 bits per heavy atom. The van der Waals surface area contributed by atoms with Crippen LogP contribution in [0.5, 0.6) is 0 Å². The van der Waals surface area contributed by atoms with E-state index in [9.17, 15) is 14.7 Å². The van der Waals surface area contributed by atoms with E-state index in [4.69, 9.17) is 0 Å². The summed E-state index contributed by atoms with van der Waals surface area (Å²) in [4.78, 5) is 25.2. The Morgan fingerprint density at radius 1 is 1.28 bits per heavy atom. The number of aliphatic carboxylic acids is 1. The van der Waals surface area contributed by atoms with E-state index in [-0.39, 0.29) is 17.5 Å². The molecule has 1 saturated heterocycles. The van der Waals surface area contributed by atoms with Crippen LogP contribution < -0.4 is 5.32 Å². The minimum Gasteiger partial charge on any atom is -0.481 e. The second-order valence-electron chi connectivity index (χ2n) is 6.28. The normalized spacial score (nSPS) is 29.4. The molecule has 0 aromatic heterocycles. The van der Waals surface area contributed by atoms with Crippen LogP contribution in [0, 0.1) is 11.3 Å². The van der Waals surface area contributed by atoms with Crippen molar-refractivity contribution in [3.63, 3.8) is 0 Å². The van der Waals surface area contributed by atoms with Crippen LogP contribution in [0.25, 0.3) is 0 Å². The van der Waals surface area contributed by atoms with Gasteiger partial charge in [-0.25, -0.2) is 4.79 Å². The molecule has 0 aromatic rings. The summed E-state index contributed by atoms with van der Waals surface area (Å²) in [5.74, 6) is -0.755. The minimum atomic E-state index is -0.787. The summed E-state index contributed by atoms with van der Waals surface area (Å²) in [6.07, 6.45) is 2.58. The van der Waals surface area contributed by atoms with E-state index in [0.29, 0.717) is 19.5 Å². The van der Waals surface area contributed by atoms with Crippen molar-refractivity contribution in [3.8, 4) is 0 Å². The summed E-state index contributed by atoms with van der Waals surface area (Å²) >= 11 is 0. The molecule has 1 aliphatic carbocycles. The second kappa shape index (κ2) is 4.14. The van der Waals surface area contributed by atoms with Crippen molar-refractivity contribution in [3.05, 3.63) is 0 Å². The number of nitrogens with one attached hydrogen (secondary N) is 1. The lowest BCUT2D eigenvalue weighted by molar-refractivity contribution is -0.150. The zero-order valence-electron chi connectivity index (χ0n) is 11.3. The van der Waals surface area contributed by atoms with Crippen LogP contribution in [0.4, 0.5) is 4.79 Å². The molecule has 1 unspecified atom stereocenters. The first-order valence-corrected chi connectivity index (χ1v) is 6.60. The Hall–Kier alpha value is -1.26. The lowest BCUT2D eigenvalue weighted by Crippen LogP contribution is -2.46. The maximum atomic E-state index is 12.1. The van der Waals surface area contributed by atoms with Gasteiger partial charge in [0.1, 0.15) is 0 Å². The molecule has 1 saturated carbocycles. The highest BCUT2D eigenvalue weighted by Crippen LogP contribution is 2.39. The predicted molar refractivity (Wildman–Crippen MR) is 67.3 cm³/mol. The van der Waals surface area contributed by atoms with E-state index in [1.54, 1.807) is 4.90 Å². The number of urea groups is 1. The van der Waals surface area contributed by atoms with Gasteiger partial charge in [-0.3, -0.25) is 4.79 Å². The lowest BCUT2D eigenvalue weighted by Gasteiger charge is -2.29. The fourth-order valence-electron chi connectivity index (χ4n) is 2.55. The maximum Gasteiger partial charge on any atom is 0.317 e. The summed E-state index contributed by atoms with van der Waals surface area (Å²) in [6.45, 7) is 6.71. The first-order valence-electron chi connectivity index (χ1n) is 6.60. The number of hydrogen-bond donors (Lipinski definition) is 2. The van der Waals surface area contributed by atoms with E-state index in [1.807, 2.05) is 20.8 Å². The third-order valence-corrected chi connectivity index (χ3v) is 4.53. The molecule has 1 atom stereocenters. The van der Waals surface area contributed by atoms with Crippen molar-refractivity contribution >= 4 is 12.0 Å². The number of carbonyl (C=O) groups excluding carboxylic acids is 1. The van der Waals surface area contributed by atoms with Gasteiger partial charge in [0.25, 0.3) is 0 Å². The molecule has 2 fully saturated rings. The standard InChI is InChI=1S/C13H22N2O3/c1-9(2)13(10(16)17)6-7-15(8-13)11(18)14-12(3)4-5-12/h9H,4-8H2,1-3H3,(H,14,18)(H,16,17). The lowest BCUT2D eigenvalue weighted by atomic mass is 9.76. The molecular weight excluding hydrogens is 232 g/mol. The summed E-state index contributed by atoms with van der Waals surface area (Å²) in [5.41, 5.74) is -0.828. The van der Waals surface area contributed by atoms with Crippen LogP contribution in [0.2, 0.25) is 0 Å². The Kier molecular flexibility index (Phi) is 3.03. The van der Waals surface area contributed by atoms with E-state index in [0.717, 1.165) is 12.8 Å². The molecule has 18 heavy (non-hydrogen) atoms. The highest BCUT2D eigenvalue weighted by molar-refractivity contribution is 5.80. The minimum absolute atomic E-state index is 0.0318. The molecule has 0 aromatic carbocycles. The molecule has 0 radical (unpaired) electrons. The Labute approximate surface area is 108 Å². The number of carbonyl (C=O) groups is 2. The topological polar surface area (TPSA) is 69.6 Å². The molecule has 2 N–H and O–H groups in total. The van der Waals surface area contributed by atoms with Crippen LogP contribution in [-0.4, -0.2) is 40.6 Å². The fourth-order valence-corrected chi connectivity index (χ4v) is 2.55. The molecule has 2 rings (SSSR count). The van der Waals surface area contributed by atoms with Gasteiger partial charge >= 0.3 is 12.0 Å². The molecule has 2 amide bonds. The van der Waals surface area contributed by atoms with Crippen LogP contribution in [-0.2, 0) is 4.79 Å². The van der Waals surface area contributed by atoms with Crippen molar-refractivity contribution < 1.29 is 14.7 Å². The van der Waals surface area contributed by atoms with E-state index < -0.39 is 11.4 Å². The van der Waals surface area contributed by atoms with Crippen molar-refractivity contribution in [1.29, 1.82) is 0 Å². The Bertz CT molecular complexity index is 376. The van der Waals surface area contributed by atoms with Gasteiger partial charge in [0, 0.05) is 18.6 Å². The average Bonchev–Trinajstić information content (AvgIpc) is 2.83. The van der Waals surface area contributed by atoms with Gasteiger partial charge in [-0.2, -0.15) is 0 Å². The van der Waals surface area contributed by atoms with Gasteiger partial charge in [0.05, 0.1) is 5.41 Å². The van der Waals surface area contributed by atoms with E-state index >= 15 is 0 Å². The van der Waals surface area contributed by atoms with Crippen LogP contribution in [0.1, 0.15) is 40.0 Å². The van der Waals surface area contributed by atoms with Crippen LogP contribution in [0.3, 0.4) is 0 Å². The number of carboxylic acid groups (broad SMARTS) is 1. The molecule has 102 valence electrons. The quantitative estimate of drug-likeness (QED) is 0.805. The SMILES string of the molecule is CC(C)C1(C(=O)O)CCN(C(=O)NC2(C)CC2)C1. The number of hydrogen-bond acceptors (Lipinski definition) is 2. The van der Waals surface area contributed by atoms with Crippen LogP contribution in [0.15, 0.2) is 0 Å². The first-order chi connectivity index (χ1) is 8.29. The first kappa shape index (κ1) is 13.2. The van der Waals surface area contributed by atoms with Gasteiger partial charge in [0.2, 0.25) is 0 Å². The molecular formula is C13H22N2O3. The Morgan fingerprint density at radius 2 is 1.89 bits per heavy atom. The number of rotatable bonds is 3. The fraction of sp³-hybridized carbons (Fsp3) is 0.846. The zero-order valence-corrected chi connectivity index (χ0v) is 11.3. The summed E-state index contributed by atoms with van der Waals surface area (Å²) < 4.78 is 0. The highest BCUT2D eigenvalue weighted by atomic mass is 16.4. The predicted octanol–water partition coefficient (Wildman–Crippen LogP) is 1.68. The molecule has 1 aliphatic heterocycles. The molecule has 5 heteroatoms. The molecule has 2 aliphatic rings. The molecule has 1 heterocycles. The van der Waals surface area contributed by atoms with Crippen molar-refractivity contribution in [2.75, 3.05) is 13.1 Å². The largest absolute Gasteiger partial charge is 0.481 e. The summed E-state index contributed by atoms with van der Waals surface area (Å²) in [5, 5.41) is 12.4. The number of carboxylic acids is 1. The molecule has 5 nitrogen and oxygen atoms in total. The van der Waals surface area contributed by atoms with Crippen LogP contribution >= 0.6 is 0 Å². The second-order valence-corrected chi connectivity index (χ2v) is 6.28. The monoisotopic (exact) mass is 254 g/mol. The Balaban J connectivity index is 2.02. The number of nitrogens with zero attached hydrogens (tertiary/aromatic N) is 1. The molecule has 0 spiro atoms. The average molecular weight is 254 g/mol. The highest BCUT2D eigenvalue weighted by Gasteiger charge is 2.49. The maximum absolute atomic E-state index is 12.1. The molecule has 0 bridgehead atoms. The van der Waals surface area contributed by atoms with Gasteiger partial charge in [-0.15, -0.1) is 0 Å². The van der Waals surface area contributed by atoms with Crippen molar-refractivity contribution in [1.82, 2.24) is 10.2 Å². The summed E-state index contributed by atoms with van der Waals surface area (Å²) in [7, 11) is 0. The van der Waals surface area contributed by atoms with Gasteiger partial charge < -0.3 is 15.3 Å². The zero-order chi connectivity index (χ0) is 13.6. The number of likely N-dealkylation sites (tertiary alicyclic amines) is 1. The number of amides is 2. The van der Waals surface area contributed by atoms with Gasteiger partial charge in [0.15, 0.2) is 0 Å². The van der Waals surface area contributed by atoms with Gasteiger partial charge in [-0.1, -0.05) is 13.8 Å². The van der Waals surface area contributed by atoms with Gasteiger partial charge in [-0.05, 0) is 32.1 Å². The third-order valence-electron chi connectivity index (χ3n) is 4.53. The summed E-state index contributed by atoms with van der Waals surface area (Å²) in [6, 6.07) is -0.112. The van der Waals surface area contributed by atoms with Crippen molar-refractivity contribution in [2.45, 2.75) is 45.6 Å². The third kappa shape index (κ3) is 2.18. The smallest absolute Gasteiger partial charge is 0.317 e. The van der Waals surface area contributed by atoms with E-state index in [1.165, 1.54) is 0 Å². The van der Waals surface area contributed by atoms with Crippen molar-refractivity contribution in [2.24, 2.45) is 11.3 Å².